The van der Waals surface area contributed by atoms with Gasteiger partial charge in [0, 0.05) is 29.0 Å². The summed E-state index contributed by atoms with van der Waals surface area (Å²) >= 11 is 0. The summed E-state index contributed by atoms with van der Waals surface area (Å²) in [7, 11) is 2.07. The molecule has 192 valence electrons. The summed E-state index contributed by atoms with van der Waals surface area (Å²) in [6, 6.07) is 4.68. The number of alkyl halides is 2. The smallest absolute Gasteiger partial charge is 0.387 e. The average Bonchev–Trinajstić information content (AvgIpc) is 3.23. The maximum Gasteiger partial charge on any atom is 0.387 e. The summed E-state index contributed by atoms with van der Waals surface area (Å²) in [5.41, 5.74) is 1.75. The number of H-pyrrole nitrogens is 1. The van der Waals surface area contributed by atoms with Crippen LogP contribution in [0.2, 0.25) is 0 Å². The number of piperidine rings is 1. The van der Waals surface area contributed by atoms with E-state index in [4.69, 9.17) is 5.41 Å². The van der Waals surface area contributed by atoms with Gasteiger partial charge in [0.2, 0.25) is 0 Å². The van der Waals surface area contributed by atoms with Crippen molar-refractivity contribution in [3.8, 4) is 5.75 Å². The highest BCUT2D eigenvalue weighted by Gasteiger charge is 2.23. The molecule has 11 heteroatoms. The molecule has 3 aromatic rings. The number of carbonyl (C=O) groups is 1. The second-order valence-electron chi connectivity index (χ2n) is 10.0. The zero-order chi connectivity index (χ0) is 26.0. The lowest BCUT2D eigenvalue weighted by Crippen LogP contribution is -2.40. The van der Waals surface area contributed by atoms with Crippen molar-refractivity contribution in [2.24, 2.45) is 0 Å². The van der Waals surface area contributed by atoms with Crippen LogP contribution in [0.3, 0.4) is 0 Å². The third-order valence-corrected chi connectivity index (χ3v) is 5.93. The highest BCUT2D eigenvalue weighted by atomic mass is 19.3. The topological polar surface area (TPSA) is 119 Å². The number of nitrogens with zero attached hydrogens (tertiary/aromatic N) is 3. The van der Waals surface area contributed by atoms with Crippen LogP contribution in [0.5, 0.6) is 5.75 Å². The zero-order valence-corrected chi connectivity index (χ0v) is 20.8. The Morgan fingerprint density at radius 1 is 1.25 bits per heavy atom. The Labute approximate surface area is 208 Å². The summed E-state index contributed by atoms with van der Waals surface area (Å²) in [6.07, 6.45) is 4.79. The zero-order valence-electron chi connectivity index (χ0n) is 20.8. The first-order valence-corrected chi connectivity index (χ1v) is 11.8. The highest BCUT2D eigenvalue weighted by molar-refractivity contribution is 6.14. The normalized spacial score (nSPS) is 15.3. The van der Waals surface area contributed by atoms with Gasteiger partial charge in [-0.2, -0.15) is 8.78 Å². The van der Waals surface area contributed by atoms with Gasteiger partial charge in [-0.25, -0.2) is 9.97 Å². The number of amides is 1. The molecular formula is C25H31F2N7O2. The minimum Gasteiger partial charge on any atom is -0.435 e. The van der Waals surface area contributed by atoms with Gasteiger partial charge in [-0.1, -0.05) is 0 Å². The molecule has 4 N–H and O–H groups in total. The van der Waals surface area contributed by atoms with Crippen LogP contribution >= 0.6 is 0 Å². The third kappa shape index (κ3) is 5.96. The van der Waals surface area contributed by atoms with Gasteiger partial charge < -0.3 is 25.3 Å². The molecule has 0 unspecified atom stereocenters. The van der Waals surface area contributed by atoms with Gasteiger partial charge in [-0.3, -0.25) is 10.2 Å². The molecule has 0 aliphatic carbocycles. The molecule has 4 rings (SSSR count). The molecule has 1 aliphatic heterocycles. The molecule has 2 aromatic heterocycles. The minimum atomic E-state index is -2.99. The summed E-state index contributed by atoms with van der Waals surface area (Å²) in [6.45, 7) is 4.51. The van der Waals surface area contributed by atoms with E-state index in [0.717, 1.165) is 25.9 Å². The van der Waals surface area contributed by atoms with Crippen molar-refractivity contribution in [3.63, 3.8) is 0 Å². The number of rotatable bonds is 7. The number of anilines is 1. The van der Waals surface area contributed by atoms with Crippen LogP contribution in [0.15, 0.2) is 30.6 Å². The fourth-order valence-corrected chi connectivity index (χ4v) is 4.14. The maximum absolute atomic E-state index is 12.9. The lowest BCUT2D eigenvalue weighted by molar-refractivity contribution is -0.0498. The predicted octanol–water partition coefficient (Wildman–Crippen LogP) is 4.01. The van der Waals surface area contributed by atoms with E-state index in [2.05, 4.69) is 42.3 Å². The fraction of sp³-hybridized carbons (Fsp3) is 0.440. The average molecular weight is 500 g/mol. The quantitative estimate of drug-likeness (QED) is 0.365. The standard InChI is InChI=1S/C25H31F2N7O2/c1-25(2,3)33-23(35)17-12-29-22-21(17)32-19(13-30-22)20(28)16-11-15(36-24(26)27)5-6-18(16)31-14-7-9-34(4)10-8-14/h5-6,11-14,24,28,31H,7-10H2,1-4H3,(H,29,30)(H,33,35). The third-order valence-electron chi connectivity index (χ3n) is 5.93. The first-order chi connectivity index (χ1) is 17.0. The maximum atomic E-state index is 12.9. The van der Waals surface area contributed by atoms with Gasteiger partial charge in [0.05, 0.1) is 17.5 Å². The van der Waals surface area contributed by atoms with Crippen molar-refractivity contribution in [3.05, 3.63) is 47.4 Å². The molecule has 1 fully saturated rings. The van der Waals surface area contributed by atoms with Crippen LogP contribution in [-0.2, 0) is 0 Å². The van der Waals surface area contributed by atoms with E-state index in [1.54, 1.807) is 6.07 Å². The van der Waals surface area contributed by atoms with Gasteiger partial charge in [-0.15, -0.1) is 0 Å². The van der Waals surface area contributed by atoms with Crippen molar-refractivity contribution in [1.82, 2.24) is 25.2 Å². The van der Waals surface area contributed by atoms with Crippen LogP contribution < -0.4 is 15.4 Å². The van der Waals surface area contributed by atoms with Crippen LogP contribution in [-0.4, -0.2) is 69.8 Å². The van der Waals surface area contributed by atoms with Gasteiger partial charge in [0.1, 0.15) is 17.0 Å². The largest absolute Gasteiger partial charge is 0.435 e. The Balaban J connectivity index is 1.69. The van der Waals surface area contributed by atoms with Crippen LogP contribution in [0.4, 0.5) is 14.5 Å². The van der Waals surface area contributed by atoms with Crippen molar-refractivity contribution in [1.29, 1.82) is 5.41 Å². The Morgan fingerprint density at radius 3 is 2.64 bits per heavy atom. The van der Waals surface area contributed by atoms with E-state index >= 15 is 0 Å². The van der Waals surface area contributed by atoms with E-state index in [1.165, 1.54) is 24.5 Å². The molecular weight excluding hydrogens is 468 g/mol. The Bertz CT molecular complexity index is 1260. The number of hydrogen-bond donors (Lipinski definition) is 4. The molecule has 1 saturated heterocycles. The number of halogens is 2. The first-order valence-electron chi connectivity index (χ1n) is 11.8. The summed E-state index contributed by atoms with van der Waals surface area (Å²) < 4.78 is 30.4. The number of hydrogen-bond acceptors (Lipinski definition) is 7. The van der Waals surface area contributed by atoms with E-state index in [0.29, 0.717) is 28.0 Å². The second kappa shape index (κ2) is 10.2. The molecule has 0 saturated carbocycles. The number of likely N-dealkylation sites (tertiary alicyclic amines) is 1. The molecule has 1 amide bonds. The number of aromatic amines is 1. The summed E-state index contributed by atoms with van der Waals surface area (Å²) in [5.74, 6) is -0.372. The van der Waals surface area contributed by atoms with Crippen molar-refractivity contribution in [2.45, 2.75) is 51.8 Å². The monoisotopic (exact) mass is 499 g/mol. The van der Waals surface area contributed by atoms with Crippen LogP contribution in [0.25, 0.3) is 11.2 Å². The molecule has 0 spiro atoms. The van der Waals surface area contributed by atoms with Crippen molar-refractivity contribution >= 4 is 28.5 Å². The van der Waals surface area contributed by atoms with Gasteiger partial charge >= 0.3 is 6.61 Å². The molecule has 9 nitrogen and oxygen atoms in total. The van der Waals surface area contributed by atoms with E-state index in [-0.39, 0.29) is 29.1 Å². The number of carbonyl (C=O) groups excluding carboxylic acids is 1. The number of nitrogens with one attached hydrogen (secondary N) is 4. The summed E-state index contributed by atoms with van der Waals surface area (Å²) in [4.78, 5) is 26.8. The molecule has 0 radical (unpaired) electrons. The van der Waals surface area contributed by atoms with Crippen LogP contribution in [0, 0.1) is 5.41 Å². The van der Waals surface area contributed by atoms with E-state index in [9.17, 15) is 13.6 Å². The van der Waals surface area contributed by atoms with Crippen LogP contribution in [0.1, 0.15) is 55.2 Å². The summed E-state index contributed by atoms with van der Waals surface area (Å²) in [5, 5.41) is 15.2. The number of fused-ring (bicyclic) bond motifs is 1. The lowest BCUT2D eigenvalue weighted by atomic mass is 10.0. The Hall–Kier alpha value is -3.60. The fourth-order valence-electron chi connectivity index (χ4n) is 4.14. The number of benzene rings is 1. The predicted molar refractivity (Wildman–Crippen MR) is 134 cm³/mol. The molecule has 36 heavy (non-hydrogen) atoms. The first kappa shape index (κ1) is 25.5. The second-order valence-corrected chi connectivity index (χ2v) is 10.0. The Kier molecular flexibility index (Phi) is 7.21. The minimum absolute atomic E-state index is 0.0251. The van der Waals surface area contributed by atoms with E-state index in [1.807, 2.05) is 20.8 Å². The Morgan fingerprint density at radius 2 is 1.97 bits per heavy atom. The van der Waals surface area contributed by atoms with Crippen molar-refractivity contribution in [2.75, 3.05) is 25.5 Å². The highest BCUT2D eigenvalue weighted by Crippen LogP contribution is 2.28. The molecule has 1 aliphatic rings. The van der Waals surface area contributed by atoms with Gasteiger partial charge in [0.15, 0.2) is 5.65 Å². The number of aromatic nitrogens is 3. The molecule has 3 heterocycles. The number of ether oxygens (including phenoxy) is 1. The lowest BCUT2D eigenvalue weighted by Gasteiger charge is -2.30. The SMILES string of the molecule is CN1CCC(Nc2ccc(OC(F)F)cc2C(=N)c2cnc3[nH]cc(C(=O)NC(C)(C)C)c3n2)CC1. The molecule has 0 atom stereocenters. The molecule has 0 bridgehead atoms. The van der Waals surface area contributed by atoms with Crippen molar-refractivity contribution < 1.29 is 18.3 Å². The van der Waals surface area contributed by atoms with Gasteiger partial charge in [-0.05, 0) is 71.9 Å². The van der Waals surface area contributed by atoms with E-state index < -0.39 is 12.2 Å². The molecule has 1 aromatic carbocycles. The van der Waals surface area contributed by atoms with Gasteiger partial charge in [0.25, 0.3) is 5.91 Å².